The summed E-state index contributed by atoms with van der Waals surface area (Å²) in [6, 6.07) is 9.02. The zero-order valence-electron chi connectivity index (χ0n) is 14.4. The van der Waals surface area contributed by atoms with Crippen LogP contribution in [0, 0.1) is 5.82 Å². The van der Waals surface area contributed by atoms with Crippen LogP contribution < -0.4 is 4.74 Å². The number of benzene rings is 2. The normalized spacial score (nSPS) is 17.4. The minimum Gasteiger partial charge on any atom is -0.493 e. The first-order valence-corrected chi connectivity index (χ1v) is 8.29. The topological polar surface area (TPSA) is 38.8 Å². The Kier molecular flexibility index (Phi) is 5.36. The Balaban J connectivity index is 1.93. The molecule has 0 radical (unpaired) electrons. The largest absolute Gasteiger partial charge is 0.493 e. The van der Waals surface area contributed by atoms with E-state index in [1.807, 2.05) is 0 Å². The van der Waals surface area contributed by atoms with Crippen molar-refractivity contribution in [3.63, 3.8) is 0 Å². The number of hydrogen-bond donors (Lipinski definition) is 0. The summed E-state index contributed by atoms with van der Waals surface area (Å²) in [6.45, 7) is 1.60. The second-order valence-corrected chi connectivity index (χ2v) is 5.96. The van der Waals surface area contributed by atoms with E-state index in [9.17, 15) is 22.4 Å². The molecule has 1 saturated heterocycles. The molecule has 1 heterocycles. The van der Waals surface area contributed by atoms with E-state index < -0.39 is 29.7 Å². The molecule has 0 N–H and O–H groups in total. The molecule has 0 bridgehead atoms. The van der Waals surface area contributed by atoms with Gasteiger partial charge >= 0.3 is 6.18 Å². The van der Waals surface area contributed by atoms with Crippen LogP contribution in [-0.4, -0.2) is 24.0 Å². The van der Waals surface area contributed by atoms with Crippen molar-refractivity contribution in [2.45, 2.75) is 25.9 Å². The van der Waals surface area contributed by atoms with Crippen molar-refractivity contribution in [3.05, 3.63) is 65.0 Å². The number of para-hydroxylation sites is 1. The van der Waals surface area contributed by atoms with Gasteiger partial charge in [0.15, 0.2) is 6.23 Å². The molecule has 2 aromatic rings. The van der Waals surface area contributed by atoms with Crippen molar-refractivity contribution < 1.29 is 31.8 Å². The molecule has 1 atom stereocenters. The molecule has 0 aliphatic carbocycles. The molecule has 27 heavy (non-hydrogen) atoms. The van der Waals surface area contributed by atoms with Crippen LogP contribution in [-0.2, 0) is 22.3 Å². The van der Waals surface area contributed by atoms with Gasteiger partial charge in [0.25, 0.3) is 5.91 Å². The molecule has 1 fully saturated rings. The molecule has 0 spiro atoms. The maximum Gasteiger partial charge on any atom is 0.416 e. The zero-order valence-corrected chi connectivity index (χ0v) is 14.4. The molecule has 144 valence electrons. The van der Waals surface area contributed by atoms with E-state index in [4.69, 9.17) is 9.47 Å². The van der Waals surface area contributed by atoms with Gasteiger partial charge in [-0.15, -0.1) is 0 Å². The minimum atomic E-state index is -4.60. The summed E-state index contributed by atoms with van der Waals surface area (Å²) in [4.78, 5) is 13.4. The van der Waals surface area contributed by atoms with Crippen LogP contribution in [0.2, 0.25) is 0 Å². The number of carbonyl (C=O) groups is 1. The fraction of sp³-hybridized carbons (Fsp3) is 0.316. The number of amides is 1. The Morgan fingerprint density at radius 3 is 2.67 bits per heavy atom. The molecule has 0 aromatic heterocycles. The number of rotatable bonds is 5. The molecule has 1 aliphatic rings. The Morgan fingerprint density at radius 2 is 1.96 bits per heavy atom. The molecule has 1 aliphatic heterocycles. The molecular formula is C19H17F4NO3. The third kappa shape index (κ3) is 4.05. The number of hydrogen-bond acceptors (Lipinski definition) is 3. The molecule has 1 amide bonds. The Labute approximate surface area is 153 Å². The van der Waals surface area contributed by atoms with Crippen LogP contribution in [0.5, 0.6) is 5.75 Å². The number of nitrogens with zero attached hydrogens (tertiary/aromatic N) is 1. The van der Waals surface area contributed by atoms with Gasteiger partial charge in [0.1, 0.15) is 18.2 Å². The lowest BCUT2D eigenvalue weighted by Crippen LogP contribution is -2.29. The van der Waals surface area contributed by atoms with Gasteiger partial charge in [-0.3, -0.25) is 4.79 Å². The molecule has 2 aromatic carbocycles. The maximum absolute atomic E-state index is 14.1. The molecule has 3 rings (SSSR count). The Bertz CT molecular complexity index is 838. The van der Waals surface area contributed by atoms with Gasteiger partial charge in [-0.2, -0.15) is 13.2 Å². The van der Waals surface area contributed by atoms with Crippen molar-refractivity contribution in [1.82, 2.24) is 4.90 Å². The summed E-state index contributed by atoms with van der Waals surface area (Å²) < 4.78 is 63.9. The number of alkyl halides is 3. The van der Waals surface area contributed by atoms with Crippen LogP contribution in [0.3, 0.4) is 0 Å². The van der Waals surface area contributed by atoms with Crippen LogP contribution >= 0.6 is 0 Å². The smallest absolute Gasteiger partial charge is 0.416 e. The van der Waals surface area contributed by atoms with Crippen molar-refractivity contribution in [2.75, 3.05) is 13.2 Å². The highest BCUT2D eigenvalue weighted by Gasteiger charge is 2.36. The lowest BCUT2D eigenvalue weighted by atomic mass is 10.1. The van der Waals surface area contributed by atoms with Gasteiger partial charge in [0.2, 0.25) is 0 Å². The first kappa shape index (κ1) is 19.2. The third-order valence-corrected chi connectivity index (χ3v) is 4.17. The van der Waals surface area contributed by atoms with Crippen LogP contribution in [0.25, 0.3) is 0 Å². The molecule has 1 unspecified atom stereocenters. The lowest BCUT2D eigenvalue weighted by Gasteiger charge is -2.25. The van der Waals surface area contributed by atoms with E-state index in [-0.39, 0.29) is 18.7 Å². The van der Waals surface area contributed by atoms with Crippen molar-refractivity contribution >= 4 is 5.91 Å². The second-order valence-electron chi connectivity index (χ2n) is 5.96. The summed E-state index contributed by atoms with van der Waals surface area (Å²) in [6.07, 6.45) is -5.47. The van der Waals surface area contributed by atoms with Gasteiger partial charge in [-0.25, -0.2) is 4.39 Å². The molecular weight excluding hydrogens is 366 g/mol. The van der Waals surface area contributed by atoms with Gasteiger partial charge in [0, 0.05) is 11.1 Å². The second kappa shape index (κ2) is 7.56. The number of ether oxygens (including phenoxy) is 2. The van der Waals surface area contributed by atoms with E-state index in [1.165, 1.54) is 4.90 Å². The average Bonchev–Trinajstić information content (AvgIpc) is 2.97. The average molecular weight is 383 g/mol. The minimum absolute atomic E-state index is 0.234. The fourth-order valence-corrected chi connectivity index (χ4v) is 2.91. The highest BCUT2D eigenvalue weighted by atomic mass is 19.4. The van der Waals surface area contributed by atoms with Crippen molar-refractivity contribution in [2.24, 2.45) is 0 Å². The number of carbonyl (C=O) groups excluding carboxylic acids is 1. The van der Waals surface area contributed by atoms with E-state index in [2.05, 4.69) is 0 Å². The van der Waals surface area contributed by atoms with E-state index in [0.29, 0.717) is 30.1 Å². The summed E-state index contributed by atoms with van der Waals surface area (Å²) in [5.74, 6) is -0.767. The van der Waals surface area contributed by atoms with Crippen molar-refractivity contribution in [1.29, 1.82) is 0 Å². The standard InChI is InChI=1S/C19H17F4NO3/c1-2-26-16-6-4-3-5-14(16)18-24(17(25)11-27-18)10-12-9-13(19(21,22)23)7-8-15(12)20/h3-9,18H,2,10-11H2,1H3. The monoisotopic (exact) mass is 383 g/mol. The van der Waals surface area contributed by atoms with E-state index in [0.717, 1.165) is 6.07 Å². The molecule has 4 nitrogen and oxygen atoms in total. The zero-order chi connectivity index (χ0) is 19.6. The van der Waals surface area contributed by atoms with Gasteiger partial charge < -0.3 is 14.4 Å². The maximum atomic E-state index is 14.1. The first-order chi connectivity index (χ1) is 12.8. The number of halogens is 4. The molecule has 8 heteroatoms. The summed E-state index contributed by atoms with van der Waals surface area (Å²) >= 11 is 0. The van der Waals surface area contributed by atoms with E-state index >= 15 is 0 Å². The van der Waals surface area contributed by atoms with E-state index in [1.54, 1.807) is 31.2 Å². The molecule has 0 saturated carbocycles. The van der Waals surface area contributed by atoms with Crippen LogP contribution in [0.1, 0.15) is 29.8 Å². The lowest BCUT2D eigenvalue weighted by molar-refractivity contribution is -0.137. The van der Waals surface area contributed by atoms with Gasteiger partial charge in [-0.1, -0.05) is 18.2 Å². The predicted molar refractivity (Wildman–Crippen MR) is 88.3 cm³/mol. The highest BCUT2D eigenvalue weighted by Crippen LogP contribution is 2.36. The SMILES string of the molecule is CCOc1ccccc1C1OCC(=O)N1Cc1cc(C(F)(F)F)ccc1F. The van der Waals surface area contributed by atoms with Crippen LogP contribution in [0.15, 0.2) is 42.5 Å². The van der Waals surface area contributed by atoms with Gasteiger partial charge in [0.05, 0.1) is 18.7 Å². The third-order valence-electron chi connectivity index (χ3n) is 4.17. The fourth-order valence-electron chi connectivity index (χ4n) is 2.91. The van der Waals surface area contributed by atoms with Crippen molar-refractivity contribution in [3.8, 4) is 5.75 Å². The first-order valence-electron chi connectivity index (χ1n) is 8.29. The predicted octanol–water partition coefficient (Wildman–Crippen LogP) is 4.30. The summed E-state index contributed by atoms with van der Waals surface area (Å²) in [7, 11) is 0. The summed E-state index contributed by atoms with van der Waals surface area (Å²) in [5.41, 5.74) is -0.655. The Morgan fingerprint density at radius 1 is 1.22 bits per heavy atom. The van der Waals surface area contributed by atoms with Gasteiger partial charge in [-0.05, 0) is 31.2 Å². The highest BCUT2D eigenvalue weighted by molar-refractivity contribution is 5.79. The Hall–Kier alpha value is -2.61. The van der Waals surface area contributed by atoms with Crippen LogP contribution in [0.4, 0.5) is 17.6 Å². The quantitative estimate of drug-likeness (QED) is 0.723. The summed E-state index contributed by atoms with van der Waals surface area (Å²) in [5, 5.41) is 0.